The van der Waals surface area contributed by atoms with Crippen LogP contribution in [0.4, 0.5) is 11.4 Å². The second-order valence-electron chi connectivity index (χ2n) is 6.08. The Bertz CT molecular complexity index is 707. The van der Waals surface area contributed by atoms with Crippen molar-refractivity contribution in [3.05, 3.63) is 46.7 Å². The number of nitrogens with one attached hydrogen (secondary N) is 1. The summed E-state index contributed by atoms with van der Waals surface area (Å²) in [6.07, 6.45) is 2.07. The number of rotatable bonds is 5. The molecule has 5 nitrogen and oxygen atoms in total. The van der Waals surface area contributed by atoms with Gasteiger partial charge in [-0.05, 0) is 48.6 Å². The SMILES string of the molecule is CC(=O)N(c1ccc(NC(=O)Cc2cccs2)cc1)C1CCOCC1. The van der Waals surface area contributed by atoms with Crippen LogP contribution >= 0.6 is 11.3 Å². The Balaban J connectivity index is 1.65. The van der Waals surface area contributed by atoms with Crippen molar-refractivity contribution in [1.29, 1.82) is 0 Å². The predicted octanol–water partition coefficient (Wildman–Crippen LogP) is 3.46. The van der Waals surface area contributed by atoms with E-state index in [0.29, 0.717) is 19.6 Å². The summed E-state index contributed by atoms with van der Waals surface area (Å²) in [7, 11) is 0. The van der Waals surface area contributed by atoms with Crippen LogP contribution in [0.25, 0.3) is 0 Å². The zero-order chi connectivity index (χ0) is 17.6. The van der Waals surface area contributed by atoms with Gasteiger partial charge in [0.1, 0.15) is 0 Å². The number of anilines is 2. The number of thiophene rings is 1. The first-order valence-electron chi connectivity index (χ1n) is 8.43. The van der Waals surface area contributed by atoms with Gasteiger partial charge in [-0.15, -0.1) is 11.3 Å². The zero-order valence-corrected chi connectivity index (χ0v) is 15.1. The Kier molecular flexibility index (Phi) is 5.83. The van der Waals surface area contributed by atoms with Crippen molar-refractivity contribution in [2.75, 3.05) is 23.4 Å². The van der Waals surface area contributed by atoms with Gasteiger partial charge >= 0.3 is 0 Å². The summed E-state index contributed by atoms with van der Waals surface area (Å²) < 4.78 is 5.39. The topological polar surface area (TPSA) is 58.6 Å². The molecule has 25 heavy (non-hydrogen) atoms. The second-order valence-corrected chi connectivity index (χ2v) is 7.12. The van der Waals surface area contributed by atoms with Crippen LogP contribution in [0.5, 0.6) is 0 Å². The first-order chi connectivity index (χ1) is 12.1. The van der Waals surface area contributed by atoms with Crippen molar-refractivity contribution in [3.63, 3.8) is 0 Å². The monoisotopic (exact) mass is 358 g/mol. The quantitative estimate of drug-likeness (QED) is 0.890. The Hall–Kier alpha value is -2.18. The largest absolute Gasteiger partial charge is 0.381 e. The summed E-state index contributed by atoms with van der Waals surface area (Å²) in [6, 6.07) is 11.5. The van der Waals surface area contributed by atoms with Gasteiger partial charge in [0.2, 0.25) is 11.8 Å². The highest BCUT2D eigenvalue weighted by Gasteiger charge is 2.24. The molecule has 1 N–H and O–H groups in total. The van der Waals surface area contributed by atoms with Crippen molar-refractivity contribution in [1.82, 2.24) is 0 Å². The molecule has 1 aromatic heterocycles. The normalized spacial score (nSPS) is 14.9. The summed E-state index contributed by atoms with van der Waals surface area (Å²) in [4.78, 5) is 27.0. The molecule has 0 saturated carbocycles. The van der Waals surface area contributed by atoms with Gasteiger partial charge in [-0.2, -0.15) is 0 Å². The van der Waals surface area contributed by atoms with E-state index in [-0.39, 0.29) is 17.9 Å². The molecular weight excluding hydrogens is 336 g/mol. The van der Waals surface area contributed by atoms with E-state index in [1.54, 1.807) is 18.3 Å². The lowest BCUT2D eigenvalue weighted by Crippen LogP contribution is -2.42. The first kappa shape index (κ1) is 17.6. The minimum absolute atomic E-state index is 0.0291. The Morgan fingerprint density at radius 3 is 2.52 bits per heavy atom. The molecule has 0 unspecified atom stereocenters. The van der Waals surface area contributed by atoms with Gasteiger partial charge in [0.05, 0.1) is 6.42 Å². The lowest BCUT2D eigenvalue weighted by Gasteiger charge is -2.33. The number of nitrogens with zero attached hydrogens (tertiary/aromatic N) is 1. The van der Waals surface area contributed by atoms with Gasteiger partial charge in [-0.25, -0.2) is 0 Å². The van der Waals surface area contributed by atoms with Crippen molar-refractivity contribution in [2.45, 2.75) is 32.2 Å². The third kappa shape index (κ3) is 4.67. The Labute approximate surface area is 151 Å². The zero-order valence-electron chi connectivity index (χ0n) is 14.2. The Morgan fingerprint density at radius 2 is 1.92 bits per heavy atom. The number of amides is 2. The van der Waals surface area contributed by atoms with Gasteiger partial charge in [0.25, 0.3) is 0 Å². The van der Waals surface area contributed by atoms with Crippen molar-refractivity contribution < 1.29 is 14.3 Å². The molecule has 3 rings (SSSR count). The number of ether oxygens (including phenoxy) is 1. The van der Waals surface area contributed by atoms with Crippen molar-refractivity contribution >= 4 is 34.5 Å². The maximum Gasteiger partial charge on any atom is 0.229 e. The number of benzene rings is 1. The molecule has 1 aliphatic rings. The summed E-state index contributed by atoms with van der Waals surface area (Å²) in [5, 5.41) is 4.86. The van der Waals surface area contributed by atoms with E-state index >= 15 is 0 Å². The molecule has 0 atom stereocenters. The van der Waals surface area contributed by atoms with Crippen LogP contribution in [0.3, 0.4) is 0 Å². The Morgan fingerprint density at radius 1 is 1.20 bits per heavy atom. The fourth-order valence-electron chi connectivity index (χ4n) is 3.08. The van der Waals surface area contributed by atoms with E-state index < -0.39 is 0 Å². The fraction of sp³-hybridized carbons (Fsp3) is 0.368. The third-order valence-corrected chi connectivity index (χ3v) is 5.12. The van der Waals surface area contributed by atoms with Crippen LogP contribution in [-0.2, 0) is 20.7 Å². The van der Waals surface area contributed by atoms with E-state index in [1.165, 1.54) is 0 Å². The third-order valence-electron chi connectivity index (χ3n) is 4.24. The van der Waals surface area contributed by atoms with E-state index in [9.17, 15) is 9.59 Å². The number of hydrogen-bond acceptors (Lipinski definition) is 4. The van der Waals surface area contributed by atoms with Crippen LogP contribution < -0.4 is 10.2 Å². The standard InChI is InChI=1S/C19H22N2O3S/c1-14(22)21(17-8-10-24-11-9-17)16-6-4-15(5-7-16)20-19(23)13-18-3-2-12-25-18/h2-7,12,17H,8-11,13H2,1H3,(H,20,23). The molecule has 2 aromatic rings. The van der Waals surface area contributed by atoms with Gasteiger partial charge in [0.15, 0.2) is 0 Å². The average Bonchev–Trinajstić information content (AvgIpc) is 3.10. The second kappa shape index (κ2) is 8.27. The molecule has 1 saturated heterocycles. The van der Waals surface area contributed by atoms with Gasteiger partial charge in [-0.1, -0.05) is 6.07 Å². The highest BCUT2D eigenvalue weighted by atomic mass is 32.1. The molecule has 132 valence electrons. The van der Waals surface area contributed by atoms with Crippen LogP contribution in [0.15, 0.2) is 41.8 Å². The summed E-state index contributed by atoms with van der Waals surface area (Å²) in [5.74, 6) is -0.00978. The van der Waals surface area contributed by atoms with Crippen LogP contribution in [0, 0.1) is 0 Å². The number of carbonyl (C=O) groups is 2. The first-order valence-corrected chi connectivity index (χ1v) is 9.31. The minimum atomic E-state index is -0.0388. The average molecular weight is 358 g/mol. The molecule has 2 heterocycles. The van der Waals surface area contributed by atoms with Gasteiger partial charge in [0, 0.05) is 42.4 Å². The maximum atomic E-state index is 12.1. The van der Waals surface area contributed by atoms with E-state index in [4.69, 9.17) is 4.74 Å². The molecule has 1 aliphatic heterocycles. The van der Waals surface area contributed by atoms with Crippen LogP contribution in [-0.4, -0.2) is 31.1 Å². The van der Waals surface area contributed by atoms with E-state index in [1.807, 2.05) is 46.7 Å². The summed E-state index contributed by atoms with van der Waals surface area (Å²) >= 11 is 1.57. The van der Waals surface area contributed by atoms with Crippen LogP contribution in [0.1, 0.15) is 24.6 Å². The molecule has 1 fully saturated rings. The molecule has 0 bridgehead atoms. The van der Waals surface area contributed by atoms with Gasteiger partial charge in [-0.3, -0.25) is 9.59 Å². The predicted molar refractivity (Wildman–Crippen MR) is 100 cm³/mol. The van der Waals surface area contributed by atoms with Gasteiger partial charge < -0.3 is 15.0 Å². The lowest BCUT2D eigenvalue weighted by atomic mass is 10.1. The highest BCUT2D eigenvalue weighted by molar-refractivity contribution is 7.10. The number of carbonyl (C=O) groups excluding carboxylic acids is 2. The maximum absolute atomic E-state index is 12.1. The molecule has 6 heteroatoms. The fourth-order valence-corrected chi connectivity index (χ4v) is 3.78. The molecular formula is C19H22N2O3S. The highest BCUT2D eigenvalue weighted by Crippen LogP contribution is 2.25. The molecule has 1 aromatic carbocycles. The summed E-state index contributed by atoms with van der Waals surface area (Å²) in [6.45, 7) is 2.96. The molecule has 2 amide bonds. The van der Waals surface area contributed by atoms with Crippen LogP contribution in [0.2, 0.25) is 0 Å². The van der Waals surface area contributed by atoms with E-state index in [0.717, 1.165) is 29.1 Å². The smallest absolute Gasteiger partial charge is 0.229 e. The molecule has 0 aliphatic carbocycles. The van der Waals surface area contributed by atoms with Crippen molar-refractivity contribution in [2.24, 2.45) is 0 Å². The van der Waals surface area contributed by atoms with Crippen molar-refractivity contribution in [3.8, 4) is 0 Å². The molecule has 0 spiro atoms. The number of hydrogen-bond donors (Lipinski definition) is 1. The minimum Gasteiger partial charge on any atom is -0.381 e. The molecule has 0 radical (unpaired) electrons. The lowest BCUT2D eigenvalue weighted by molar-refractivity contribution is -0.117. The van der Waals surface area contributed by atoms with E-state index in [2.05, 4.69) is 5.32 Å². The summed E-state index contributed by atoms with van der Waals surface area (Å²) in [5.41, 5.74) is 1.59.